The Morgan fingerprint density at radius 3 is 2.08 bits per heavy atom. The summed E-state index contributed by atoms with van der Waals surface area (Å²) in [5, 5.41) is 8.32. The molecule has 0 amide bonds. The molecule has 3 heteroatoms. The van der Waals surface area contributed by atoms with Crippen LogP contribution < -0.4 is 0 Å². The van der Waals surface area contributed by atoms with Crippen LogP contribution >= 0.6 is 0 Å². The molecule has 2 nitrogen and oxygen atoms in total. The number of hydrogen-bond donors (Lipinski definition) is 1. The minimum absolute atomic E-state index is 0. The topological polar surface area (TPSA) is 37.3 Å². The minimum Gasteiger partial charge on any atom is -0.481 e. The summed E-state index contributed by atoms with van der Waals surface area (Å²) in [6, 6.07) is 0. The van der Waals surface area contributed by atoms with Crippen molar-refractivity contribution < 1.29 is 9.90 Å². The molecule has 0 aliphatic rings. The van der Waals surface area contributed by atoms with Crippen LogP contribution in [0.4, 0.5) is 0 Å². The molecule has 68 valence electrons. The number of rotatable bonds is 7. The van der Waals surface area contributed by atoms with E-state index in [2.05, 4.69) is 6.92 Å². The summed E-state index contributed by atoms with van der Waals surface area (Å²) in [4.78, 5) is 10.1. The van der Waals surface area contributed by atoms with E-state index in [0.29, 0.717) is 6.42 Å². The fourth-order valence-electron chi connectivity index (χ4n) is 1.06. The molecule has 0 aromatic rings. The monoisotopic (exact) mass is 198 g/mol. The smallest absolute Gasteiger partial charge is 0.303 e. The van der Waals surface area contributed by atoms with Crippen molar-refractivity contribution in [2.45, 2.75) is 51.9 Å². The van der Waals surface area contributed by atoms with Gasteiger partial charge < -0.3 is 5.11 Å². The van der Waals surface area contributed by atoms with E-state index in [4.69, 9.17) is 5.11 Å². The SMILES string of the molecule is CCCCCCCCC(=O)O.[Ca]. The second-order valence-corrected chi connectivity index (χ2v) is 2.91. The predicted octanol–water partition coefficient (Wildman–Crippen LogP) is 2.44. The van der Waals surface area contributed by atoms with Crippen LogP contribution in [-0.2, 0) is 4.79 Å². The molecular weight excluding hydrogens is 180 g/mol. The van der Waals surface area contributed by atoms with Crippen molar-refractivity contribution in [2.24, 2.45) is 0 Å². The van der Waals surface area contributed by atoms with Crippen LogP contribution in [0.25, 0.3) is 0 Å². The maximum atomic E-state index is 10.1. The summed E-state index contributed by atoms with van der Waals surface area (Å²) in [6.45, 7) is 2.18. The quantitative estimate of drug-likeness (QED) is 0.504. The van der Waals surface area contributed by atoms with Crippen molar-refractivity contribution in [2.75, 3.05) is 0 Å². The number of hydrogen-bond acceptors (Lipinski definition) is 1. The molecule has 0 aromatic heterocycles. The van der Waals surface area contributed by atoms with Gasteiger partial charge in [0, 0.05) is 44.2 Å². The zero-order valence-corrected chi connectivity index (χ0v) is 10.2. The van der Waals surface area contributed by atoms with Gasteiger partial charge in [0.2, 0.25) is 0 Å². The fraction of sp³-hybridized carbons (Fsp3) is 0.889. The molecule has 0 bridgehead atoms. The molecule has 0 heterocycles. The summed E-state index contributed by atoms with van der Waals surface area (Å²) in [7, 11) is 0. The van der Waals surface area contributed by atoms with E-state index in [1.165, 1.54) is 25.7 Å². The maximum absolute atomic E-state index is 10.1. The summed E-state index contributed by atoms with van der Waals surface area (Å²) >= 11 is 0. The summed E-state index contributed by atoms with van der Waals surface area (Å²) in [6.07, 6.45) is 7.25. The fourth-order valence-corrected chi connectivity index (χ4v) is 1.06. The van der Waals surface area contributed by atoms with Crippen molar-refractivity contribution in [3.63, 3.8) is 0 Å². The number of aliphatic carboxylic acids is 1. The molecule has 0 aliphatic heterocycles. The van der Waals surface area contributed by atoms with E-state index in [1.54, 1.807) is 0 Å². The van der Waals surface area contributed by atoms with Gasteiger partial charge in [0.15, 0.2) is 0 Å². The first-order valence-electron chi connectivity index (χ1n) is 4.49. The van der Waals surface area contributed by atoms with Gasteiger partial charge in [-0.3, -0.25) is 4.79 Å². The number of unbranched alkanes of at least 4 members (excludes halogenated alkanes) is 5. The third-order valence-electron chi connectivity index (χ3n) is 1.74. The first-order chi connectivity index (χ1) is 5.27. The zero-order valence-electron chi connectivity index (χ0n) is 8.01. The first-order valence-corrected chi connectivity index (χ1v) is 4.49. The molecule has 0 unspecified atom stereocenters. The number of carboxylic acids is 1. The van der Waals surface area contributed by atoms with Gasteiger partial charge in [-0.05, 0) is 6.42 Å². The van der Waals surface area contributed by atoms with E-state index in [-0.39, 0.29) is 37.7 Å². The third kappa shape index (κ3) is 13.3. The second-order valence-electron chi connectivity index (χ2n) is 2.91. The van der Waals surface area contributed by atoms with Crippen molar-refractivity contribution >= 4 is 43.7 Å². The van der Waals surface area contributed by atoms with Crippen molar-refractivity contribution in [3.05, 3.63) is 0 Å². The van der Waals surface area contributed by atoms with Gasteiger partial charge in [-0.15, -0.1) is 0 Å². The van der Waals surface area contributed by atoms with Gasteiger partial charge >= 0.3 is 5.97 Å². The first kappa shape index (κ1) is 15.2. The molecule has 0 aromatic carbocycles. The molecule has 0 spiro atoms. The molecule has 0 atom stereocenters. The predicted molar refractivity (Wildman–Crippen MR) is 51.4 cm³/mol. The standard InChI is InChI=1S/C9H18O2.Ca/c1-2-3-4-5-6-7-8-9(10)11;/h2-8H2,1H3,(H,10,11);. The molecule has 2 radical (unpaired) electrons. The Bertz CT molecular complexity index is 105. The Labute approximate surface area is 105 Å². The Hall–Kier alpha value is 0.730. The molecule has 0 fully saturated rings. The Balaban J connectivity index is 0. The van der Waals surface area contributed by atoms with Crippen LogP contribution in [-0.4, -0.2) is 48.8 Å². The Morgan fingerprint density at radius 1 is 1.08 bits per heavy atom. The van der Waals surface area contributed by atoms with Crippen LogP contribution in [0.5, 0.6) is 0 Å². The normalized spacial score (nSPS) is 9.08. The number of carbonyl (C=O) groups is 1. The summed E-state index contributed by atoms with van der Waals surface area (Å²) < 4.78 is 0. The van der Waals surface area contributed by atoms with E-state index in [1.807, 2.05) is 0 Å². The maximum Gasteiger partial charge on any atom is 0.303 e. The summed E-state index contributed by atoms with van der Waals surface area (Å²) in [5.41, 5.74) is 0. The molecule has 0 saturated heterocycles. The van der Waals surface area contributed by atoms with Gasteiger partial charge in [0.05, 0.1) is 0 Å². The average molecular weight is 198 g/mol. The van der Waals surface area contributed by atoms with Crippen LogP contribution in [0.2, 0.25) is 0 Å². The van der Waals surface area contributed by atoms with E-state index in [0.717, 1.165) is 12.8 Å². The van der Waals surface area contributed by atoms with Gasteiger partial charge in [-0.2, -0.15) is 0 Å². The molecule has 0 rings (SSSR count). The van der Waals surface area contributed by atoms with Crippen LogP contribution in [0.15, 0.2) is 0 Å². The second kappa shape index (κ2) is 11.7. The molecule has 1 N–H and O–H groups in total. The molecule has 0 saturated carbocycles. The zero-order chi connectivity index (χ0) is 8.53. The van der Waals surface area contributed by atoms with Crippen LogP contribution in [0.3, 0.4) is 0 Å². The average Bonchev–Trinajstić information content (AvgIpc) is 1.96. The molecule has 12 heavy (non-hydrogen) atoms. The van der Waals surface area contributed by atoms with Gasteiger partial charge in [-0.25, -0.2) is 0 Å². The van der Waals surface area contributed by atoms with Gasteiger partial charge in [0.25, 0.3) is 0 Å². The van der Waals surface area contributed by atoms with E-state index >= 15 is 0 Å². The number of carboxylic acid groups (broad SMARTS) is 1. The van der Waals surface area contributed by atoms with Crippen molar-refractivity contribution in [1.29, 1.82) is 0 Å². The summed E-state index contributed by atoms with van der Waals surface area (Å²) in [5.74, 6) is -0.666. The van der Waals surface area contributed by atoms with Gasteiger partial charge in [0.1, 0.15) is 0 Å². The molecular formula is C9H18CaO2. The minimum atomic E-state index is -0.666. The third-order valence-corrected chi connectivity index (χ3v) is 1.74. The van der Waals surface area contributed by atoms with Gasteiger partial charge in [-0.1, -0.05) is 39.0 Å². The van der Waals surface area contributed by atoms with Crippen LogP contribution in [0.1, 0.15) is 51.9 Å². The molecule has 0 aliphatic carbocycles. The van der Waals surface area contributed by atoms with E-state index < -0.39 is 5.97 Å². The Kier molecular flexibility index (Phi) is 14.9. The van der Waals surface area contributed by atoms with Crippen molar-refractivity contribution in [1.82, 2.24) is 0 Å². The van der Waals surface area contributed by atoms with Crippen LogP contribution in [0, 0.1) is 0 Å². The van der Waals surface area contributed by atoms with Crippen molar-refractivity contribution in [3.8, 4) is 0 Å². The van der Waals surface area contributed by atoms with E-state index in [9.17, 15) is 4.79 Å². The Morgan fingerprint density at radius 2 is 1.58 bits per heavy atom. The largest absolute Gasteiger partial charge is 0.481 e.